The second-order valence-corrected chi connectivity index (χ2v) is 5.74. The monoisotopic (exact) mass is 275 g/mol. The van der Waals surface area contributed by atoms with Gasteiger partial charge in [0.15, 0.2) is 0 Å². The molecule has 3 rings (SSSR count). The Labute approximate surface area is 119 Å². The van der Waals surface area contributed by atoms with Crippen LogP contribution in [-0.2, 0) is 22.5 Å². The van der Waals surface area contributed by atoms with E-state index >= 15 is 0 Å². The minimum absolute atomic E-state index is 0.191. The van der Waals surface area contributed by atoms with Crippen molar-refractivity contribution in [3.05, 3.63) is 35.4 Å². The quantitative estimate of drug-likeness (QED) is 0.917. The molecule has 1 unspecified atom stereocenters. The Hall–Kier alpha value is -1.39. The molecule has 0 bridgehead atoms. The van der Waals surface area contributed by atoms with Gasteiger partial charge in [-0.05, 0) is 36.8 Å². The summed E-state index contributed by atoms with van der Waals surface area (Å²) in [6.07, 6.45) is 4.15. The second-order valence-electron chi connectivity index (χ2n) is 5.74. The Morgan fingerprint density at radius 2 is 2.10 bits per heavy atom. The molecule has 2 atom stereocenters. The molecule has 0 spiro atoms. The number of carboxylic acid groups (broad SMARTS) is 1. The van der Waals surface area contributed by atoms with E-state index in [1.165, 1.54) is 17.5 Å². The molecule has 0 aliphatic carbocycles. The van der Waals surface area contributed by atoms with Gasteiger partial charge in [0.25, 0.3) is 0 Å². The molecular weight excluding hydrogens is 254 g/mol. The lowest BCUT2D eigenvalue weighted by molar-refractivity contribution is -0.145. The van der Waals surface area contributed by atoms with E-state index in [1.54, 1.807) is 0 Å². The van der Waals surface area contributed by atoms with Crippen LogP contribution in [0.25, 0.3) is 0 Å². The third kappa shape index (κ3) is 2.86. The van der Waals surface area contributed by atoms with E-state index in [0.29, 0.717) is 13.0 Å². The second kappa shape index (κ2) is 5.94. The molecule has 108 valence electrons. The van der Waals surface area contributed by atoms with Crippen molar-refractivity contribution in [2.45, 2.75) is 44.4 Å². The smallest absolute Gasteiger partial charge is 0.321 e. The molecule has 2 heterocycles. The summed E-state index contributed by atoms with van der Waals surface area (Å²) in [5.41, 5.74) is 2.42. The molecule has 4 heteroatoms. The number of ether oxygens (including phenoxy) is 1. The van der Waals surface area contributed by atoms with Crippen molar-refractivity contribution >= 4 is 5.97 Å². The molecule has 1 aromatic carbocycles. The van der Waals surface area contributed by atoms with E-state index in [4.69, 9.17) is 4.74 Å². The Balaban J connectivity index is 1.75. The molecule has 2 aliphatic heterocycles. The highest BCUT2D eigenvalue weighted by Gasteiger charge is 2.33. The number of aliphatic carboxylic acids is 1. The first-order chi connectivity index (χ1) is 9.74. The lowest BCUT2D eigenvalue weighted by atomic mass is 9.93. The van der Waals surface area contributed by atoms with Crippen molar-refractivity contribution in [2.24, 2.45) is 0 Å². The number of fused-ring (bicyclic) bond motifs is 1. The minimum atomic E-state index is -0.727. The van der Waals surface area contributed by atoms with Gasteiger partial charge in [-0.2, -0.15) is 0 Å². The molecule has 1 fully saturated rings. The Kier molecular flexibility index (Phi) is 4.03. The van der Waals surface area contributed by atoms with Crippen LogP contribution >= 0.6 is 0 Å². The summed E-state index contributed by atoms with van der Waals surface area (Å²) in [6, 6.07) is 7.73. The van der Waals surface area contributed by atoms with Crippen LogP contribution in [0.15, 0.2) is 24.3 Å². The van der Waals surface area contributed by atoms with Gasteiger partial charge < -0.3 is 9.84 Å². The minimum Gasteiger partial charge on any atom is -0.480 e. The van der Waals surface area contributed by atoms with E-state index in [1.807, 2.05) is 18.2 Å². The van der Waals surface area contributed by atoms with Gasteiger partial charge in [0.05, 0.1) is 6.10 Å². The van der Waals surface area contributed by atoms with Crippen molar-refractivity contribution < 1.29 is 14.6 Å². The van der Waals surface area contributed by atoms with Crippen LogP contribution < -0.4 is 0 Å². The zero-order valence-electron chi connectivity index (χ0n) is 11.6. The van der Waals surface area contributed by atoms with Gasteiger partial charge in [-0.1, -0.05) is 24.3 Å². The number of carboxylic acids is 1. The third-order valence-corrected chi connectivity index (χ3v) is 4.34. The maximum absolute atomic E-state index is 11.5. The number of hydrogen-bond donors (Lipinski definition) is 1. The van der Waals surface area contributed by atoms with Crippen molar-refractivity contribution in [1.82, 2.24) is 4.90 Å². The van der Waals surface area contributed by atoms with Gasteiger partial charge in [0.2, 0.25) is 0 Å². The molecule has 20 heavy (non-hydrogen) atoms. The average Bonchev–Trinajstić information content (AvgIpc) is 2.47. The number of carbonyl (C=O) groups is 1. The van der Waals surface area contributed by atoms with Gasteiger partial charge in [0, 0.05) is 19.7 Å². The first-order valence-electron chi connectivity index (χ1n) is 7.39. The summed E-state index contributed by atoms with van der Waals surface area (Å²) in [6.45, 7) is 2.26. The Bertz CT molecular complexity index is 482. The first-order valence-corrected chi connectivity index (χ1v) is 7.39. The van der Waals surface area contributed by atoms with Crippen molar-refractivity contribution in [3.8, 4) is 0 Å². The van der Waals surface area contributed by atoms with E-state index in [0.717, 1.165) is 26.0 Å². The predicted octanol–water partition coefficient (Wildman–Crippen LogP) is 2.07. The third-order valence-electron chi connectivity index (χ3n) is 4.34. The van der Waals surface area contributed by atoms with E-state index < -0.39 is 12.0 Å². The Morgan fingerprint density at radius 3 is 2.80 bits per heavy atom. The summed E-state index contributed by atoms with van der Waals surface area (Å²) in [5.74, 6) is -0.727. The highest BCUT2D eigenvalue weighted by molar-refractivity contribution is 5.74. The average molecular weight is 275 g/mol. The highest BCUT2D eigenvalue weighted by atomic mass is 16.5. The van der Waals surface area contributed by atoms with Crippen LogP contribution in [0, 0.1) is 0 Å². The van der Waals surface area contributed by atoms with Crippen LogP contribution in [0.5, 0.6) is 0 Å². The summed E-state index contributed by atoms with van der Waals surface area (Å²) in [7, 11) is 0. The molecule has 0 saturated carbocycles. The van der Waals surface area contributed by atoms with Crippen LogP contribution in [0.1, 0.15) is 30.4 Å². The topological polar surface area (TPSA) is 49.8 Å². The molecule has 4 nitrogen and oxygen atoms in total. The molecule has 1 saturated heterocycles. The van der Waals surface area contributed by atoms with Crippen molar-refractivity contribution in [3.63, 3.8) is 0 Å². The number of rotatable bonds is 3. The largest absolute Gasteiger partial charge is 0.480 e. The molecular formula is C16H21NO3. The fraction of sp³-hybridized carbons (Fsp3) is 0.562. The van der Waals surface area contributed by atoms with Gasteiger partial charge >= 0.3 is 5.97 Å². The molecule has 0 amide bonds. The highest BCUT2D eigenvalue weighted by Crippen LogP contribution is 2.25. The van der Waals surface area contributed by atoms with Gasteiger partial charge in [-0.3, -0.25) is 9.69 Å². The van der Waals surface area contributed by atoms with E-state index in [-0.39, 0.29) is 6.10 Å². The number of benzene rings is 1. The van der Waals surface area contributed by atoms with Crippen LogP contribution in [-0.4, -0.2) is 41.3 Å². The lowest BCUT2D eigenvalue weighted by Gasteiger charge is -2.37. The lowest BCUT2D eigenvalue weighted by Crippen LogP contribution is -2.49. The van der Waals surface area contributed by atoms with Gasteiger partial charge in [-0.15, -0.1) is 0 Å². The molecule has 0 aromatic heterocycles. The van der Waals surface area contributed by atoms with Crippen LogP contribution in [0.2, 0.25) is 0 Å². The normalized spacial score (nSPS) is 27.0. The van der Waals surface area contributed by atoms with Gasteiger partial charge in [0.1, 0.15) is 6.04 Å². The van der Waals surface area contributed by atoms with E-state index in [9.17, 15) is 9.90 Å². The molecule has 2 aliphatic rings. The van der Waals surface area contributed by atoms with Crippen LogP contribution in [0.4, 0.5) is 0 Å². The van der Waals surface area contributed by atoms with Gasteiger partial charge in [-0.25, -0.2) is 0 Å². The number of nitrogens with zero attached hydrogens (tertiary/aromatic N) is 1. The predicted molar refractivity (Wildman–Crippen MR) is 75.6 cm³/mol. The fourth-order valence-electron chi connectivity index (χ4n) is 3.23. The van der Waals surface area contributed by atoms with E-state index in [2.05, 4.69) is 11.0 Å². The summed E-state index contributed by atoms with van der Waals surface area (Å²) in [4.78, 5) is 13.6. The fourth-order valence-corrected chi connectivity index (χ4v) is 3.23. The molecule has 1 N–H and O–H groups in total. The summed E-state index contributed by atoms with van der Waals surface area (Å²) >= 11 is 0. The summed E-state index contributed by atoms with van der Waals surface area (Å²) in [5, 5.41) is 9.48. The molecule has 1 aromatic rings. The number of hydrogen-bond acceptors (Lipinski definition) is 3. The Morgan fingerprint density at radius 1 is 1.30 bits per heavy atom. The van der Waals surface area contributed by atoms with Crippen LogP contribution in [0.3, 0.4) is 0 Å². The maximum Gasteiger partial charge on any atom is 0.321 e. The van der Waals surface area contributed by atoms with Crippen molar-refractivity contribution in [2.75, 3.05) is 13.2 Å². The first kappa shape index (κ1) is 13.6. The standard InChI is InChI=1S/C16H21NO3/c18-16(19)15-9-12-5-1-2-6-13(12)10-17(15)11-14-7-3-4-8-20-14/h1-2,5-6,14-15H,3-4,7-11H2,(H,18,19)/t14?,15-/m0/s1. The summed E-state index contributed by atoms with van der Waals surface area (Å²) < 4.78 is 5.76. The maximum atomic E-state index is 11.5. The SMILES string of the molecule is O=C(O)[C@@H]1Cc2ccccc2CN1CC1CCCCO1. The molecule has 0 radical (unpaired) electrons. The van der Waals surface area contributed by atoms with Crippen molar-refractivity contribution in [1.29, 1.82) is 0 Å². The zero-order chi connectivity index (χ0) is 13.9. The zero-order valence-corrected chi connectivity index (χ0v) is 11.6.